The third kappa shape index (κ3) is 4.55. The highest BCUT2D eigenvalue weighted by molar-refractivity contribution is 6.31. The lowest BCUT2D eigenvalue weighted by Gasteiger charge is -2.31. The topological polar surface area (TPSA) is 67.1 Å². The molecule has 0 aliphatic heterocycles. The van der Waals surface area contributed by atoms with E-state index in [-0.39, 0.29) is 17.6 Å². The summed E-state index contributed by atoms with van der Waals surface area (Å²) < 4.78 is 42.1. The molecule has 3 heterocycles. The molecule has 5 rings (SSSR count). The lowest BCUT2D eigenvalue weighted by atomic mass is 9.90. The van der Waals surface area contributed by atoms with Gasteiger partial charge in [-0.05, 0) is 62.9 Å². The summed E-state index contributed by atoms with van der Waals surface area (Å²) in [5.74, 6) is 0.754. The lowest BCUT2D eigenvalue weighted by Crippen LogP contribution is -2.34. The van der Waals surface area contributed by atoms with Crippen LogP contribution in [0.3, 0.4) is 0 Å². The minimum atomic E-state index is -4.53. The van der Waals surface area contributed by atoms with Gasteiger partial charge in [-0.3, -0.25) is 0 Å². The molecule has 3 aromatic heterocycles. The summed E-state index contributed by atoms with van der Waals surface area (Å²) in [7, 11) is 0. The van der Waals surface area contributed by atoms with Gasteiger partial charge in [0.25, 0.3) is 0 Å². The van der Waals surface area contributed by atoms with E-state index >= 15 is 0 Å². The largest absolute Gasteiger partial charge is 0.433 e. The third-order valence-corrected chi connectivity index (χ3v) is 6.18. The van der Waals surface area contributed by atoms with Gasteiger partial charge in [0.15, 0.2) is 5.82 Å². The molecule has 0 spiro atoms. The molecule has 2 atom stereocenters. The summed E-state index contributed by atoms with van der Waals surface area (Å²) in [6.07, 6.45) is 2.45. The van der Waals surface area contributed by atoms with Crippen molar-refractivity contribution in [3.05, 3.63) is 59.1 Å². The lowest BCUT2D eigenvalue weighted by molar-refractivity contribution is -0.140. The number of alkyl halides is 3. The smallest absolute Gasteiger partial charge is 0.382 e. The summed E-state index contributed by atoms with van der Waals surface area (Å²) >= 11 is 6.12. The molecule has 0 saturated heterocycles. The van der Waals surface area contributed by atoms with Crippen LogP contribution in [-0.4, -0.2) is 31.7 Å². The van der Waals surface area contributed by atoms with E-state index in [0.717, 1.165) is 48.8 Å². The highest BCUT2D eigenvalue weighted by atomic mass is 35.5. The Balaban J connectivity index is 1.40. The van der Waals surface area contributed by atoms with Crippen LogP contribution in [0.15, 0.2) is 42.7 Å². The van der Waals surface area contributed by atoms with Gasteiger partial charge in [-0.15, -0.1) is 0 Å². The number of fused-ring (bicyclic) bond motifs is 2. The van der Waals surface area contributed by atoms with Crippen molar-refractivity contribution in [2.24, 2.45) is 0 Å². The van der Waals surface area contributed by atoms with Gasteiger partial charge in [-0.25, -0.2) is 14.5 Å². The van der Waals surface area contributed by atoms with E-state index in [9.17, 15) is 13.2 Å². The monoisotopic (exact) mass is 474 g/mol. The Hall–Kier alpha value is -3.07. The van der Waals surface area contributed by atoms with Gasteiger partial charge < -0.3 is 10.6 Å². The van der Waals surface area contributed by atoms with Crippen molar-refractivity contribution in [2.75, 3.05) is 10.6 Å². The van der Waals surface area contributed by atoms with Crippen LogP contribution < -0.4 is 10.6 Å². The van der Waals surface area contributed by atoms with Crippen LogP contribution in [0.4, 0.5) is 24.7 Å². The SMILES string of the molecule is Cc1cc2c(N[C@@H]3CCC[C@H](Nc4cc(C(F)(F)F)nc5ccc(Cl)cc45)C3)nccn2n1. The zero-order chi connectivity index (χ0) is 23.2. The summed E-state index contributed by atoms with van der Waals surface area (Å²) in [6.45, 7) is 1.93. The number of rotatable bonds is 4. The average Bonchev–Trinajstić information content (AvgIpc) is 3.15. The average molecular weight is 475 g/mol. The fourth-order valence-electron chi connectivity index (χ4n) is 4.48. The molecule has 172 valence electrons. The van der Waals surface area contributed by atoms with Crippen molar-refractivity contribution >= 4 is 39.5 Å². The zero-order valence-corrected chi connectivity index (χ0v) is 18.6. The van der Waals surface area contributed by atoms with E-state index in [1.165, 1.54) is 6.07 Å². The first kappa shape index (κ1) is 21.8. The molecule has 33 heavy (non-hydrogen) atoms. The highest BCUT2D eigenvalue weighted by Gasteiger charge is 2.34. The predicted molar refractivity (Wildman–Crippen MR) is 123 cm³/mol. The van der Waals surface area contributed by atoms with E-state index in [2.05, 4.69) is 25.7 Å². The summed E-state index contributed by atoms with van der Waals surface area (Å²) in [6, 6.07) is 7.89. The van der Waals surface area contributed by atoms with Crippen LogP contribution in [0.1, 0.15) is 37.1 Å². The van der Waals surface area contributed by atoms with Crippen molar-refractivity contribution < 1.29 is 13.2 Å². The summed E-state index contributed by atoms with van der Waals surface area (Å²) in [4.78, 5) is 8.26. The number of benzene rings is 1. The predicted octanol–water partition coefficient (Wildman–Crippen LogP) is 6.09. The molecule has 1 saturated carbocycles. The second-order valence-electron chi connectivity index (χ2n) is 8.45. The van der Waals surface area contributed by atoms with Gasteiger partial charge in [-0.2, -0.15) is 18.3 Å². The van der Waals surface area contributed by atoms with Gasteiger partial charge in [0.2, 0.25) is 0 Å². The molecule has 0 radical (unpaired) electrons. The fourth-order valence-corrected chi connectivity index (χ4v) is 4.66. The quantitative estimate of drug-likeness (QED) is 0.374. The second-order valence-corrected chi connectivity index (χ2v) is 8.89. The number of hydrogen-bond acceptors (Lipinski definition) is 5. The molecule has 1 aliphatic carbocycles. The number of aromatic nitrogens is 4. The number of pyridine rings is 1. The maximum absolute atomic E-state index is 13.4. The molecule has 1 fully saturated rings. The molecular weight excluding hydrogens is 453 g/mol. The molecule has 0 bridgehead atoms. The van der Waals surface area contributed by atoms with Crippen LogP contribution in [0.2, 0.25) is 5.02 Å². The number of hydrogen-bond donors (Lipinski definition) is 2. The number of nitrogens with one attached hydrogen (secondary N) is 2. The Morgan fingerprint density at radius 3 is 2.67 bits per heavy atom. The standard InChI is InChI=1S/C23H22ClF3N6/c1-13-9-20-22(28-7-8-33(20)32-13)30-16-4-2-3-15(11-16)29-19-12-21(23(25,26)27)31-18-6-5-14(24)10-17(18)19/h5-10,12,15-16H,2-4,11H2,1H3,(H,28,30)(H,29,31)/t15-,16+/m0/s1. The van der Waals surface area contributed by atoms with Crippen LogP contribution in [-0.2, 0) is 6.18 Å². The van der Waals surface area contributed by atoms with Crippen molar-refractivity contribution in [1.82, 2.24) is 19.6 Å². The van der Waals surface area contributed by atoms with E-state index < -0.39 is 11.9 Å². The van der Waals surface area contributed by atoms with Gasteiger partial charge in [0.05, 0.1) is 11.2 Å². The van der Waals surface area contributed by atoms with Gasteiger partial charge in [0, 0.05) is 40.6 Å². The molecule has 1 aliphatic rings. The minimum absolute atomic E-state index is 0.00621. The second kappa shape index (κ2) is 8.37. The summed E-state index contributed by atoms with van der Waals surface area (Å²) in [5, 5.41) is 12.3. The molecular formula is C23H22ClF3N6. The van der Waals surface area contributed by atoms with E-state index in [1.54, 1.807) is 29.0 Å². The zero-order valence-electron chi connectivity index (χ0n) is 17.8. The molecule has 1 aromatic carbocycles. The third-order valence-electron chi connectivity index (χ3n) is 5.95. The maximum Gasteiger partial charge on any atom is 0.433 e. The maximum atomic E-state index is 13.4. The molecule has 10 heteroatoms. The van der Waals surface area contributed by atoms with Crippen molar-refractivity contribution in [3.8, 4) is 0 Å². The van der Waals surface area contributed by atoms with Crippen molar-refractivity contribution in [1.29, 1.82) is 0 Å². The number of anilines is 2. The Kier molecular flexibility index (Phi) is 5.52. The number of nitrogens with zero attached hydrogens (tertiary/aromatic N) is 4. The first-order valence-electron chi connectivity index (χ1n) is 10.8. The number of halogens is 4. The highest BCUT2D eigenvalue weighted by Crippen LogP contribution is 2.35. The Bertz CT molecular complexity index is 1320. The Morgan fingerprint density at radius 2 is 1.88 bits per heavy atom. The van der Waals surface area contributed by atoms with Crippen LogP contribution in [0.5, 0.6) is 0 Å². The first-order valence-corrected chi connectivity index (χ1v) is 11.2. The minimum Gasteiger partial charge on any atom is -0.382 e. The van der Waals surface area contributed by atoms with Gasteiger partial charge in [-0.1, -0.05) is 11.6 Å². The van der Waals surface area contributed by atoms with E-state index in [4.69, 9.17) is 11.6 Å². The van der Waals surface area contributed by atoms with Gasteiger partial charge in [0.1, 0.15) is 11.2 Å². The van der Waals surface area contributed by atoms with Crippen molar-refractivity contribution in [3.63, 3.8) is 0 Å². The fraction of sp³-hybridized carbons (Fsp3) is 0.348. The molecule has 6 nitrogen and oxygen atoms in total. The molecule has 0 unspecified atom stereocenters. The summed E-state index contributed by atoms with van der Waals surface area (Å²) in [5.41, 5.74) is 1.53. The molecule has 4 aromatic rings. The van der Waals surface area contributed by atoms with Gasteiger partial charge >= 0.3 is 6.18 Å². The van der Waals surface area contributed by atoms with E-state index in [1.807, 2.05) is 13.0 Å². The molecule has 2 N–H and O–H groups in total. The van der Waals surface area contributed by atoms with Crippen LogP contribution in [0.25, 0.3) is 16.4 Å². The number of aryl methyl sites for hydroxylation is 1. The normalized spacial score (nSPS) is 19.2. The van der Waals surface area contributed by atoms with Crippen LogP contribution in [0, 0.1) is 6.92 Å². The Labute approximate surface area is 193 Å². The van der Waals surface area contributed by atoms with E-state index in [0.29, 0.717) is 16.1 Å². The Morgan fingerprint density at radius 1 is 1.09 bits per heavy atom. The first-order chi connectivity index (χ1) is 15.8. The van der Waals surface area contributed by atoms with Crippen molar-refractivity contribution in [2.45, 2.75) is 50.9 Å². The molecule has 0 amide bonds. The van der Waals surface area contributed by atoms with Crippen LogP contribution >= 0.6 is 11.6 Å².